The van der Waals surface area contributed by atoms with Gasteiger partial charge >= 0.3 is 6.03 Å². The van der Waals surface area contributed by atoms with Crippen LogP contribution >= 0.6 is 0 Å². The zero-order valence-electron chi connectivity index (χ0n) is 14.0. The van der Waals surface area contributed by atoms with E-state index in [4.69, 9.17) is 0 Å². The van der Waals surface area contributed by atoms with Crippen molar-refractivity contribution in [2.45, 2.75) is 32.2 Å². The van der Waals surface area contributed by atoms with Crippen LogP contribution < -0.4 is 10.6 Å². The first kappa shape index (κ1) is 17.6. The van der Waals surface area contributed by atoms with E-state index in [1.54, 1.807) is 12.3 Å². The predicted octanol–water partition coefficient (Wildman–Crippen LogP) is 1.28. The first-order valence-electron chi connectivity index (χ1n) is 8.33. The summed E-state index contributed by atoms with van der Waals surface area (Å²) in [5.41, 5.74) is 1.31. The monoisotopic (exact) mass is 366 g/mol. The molecule has 1 atom stereocenters. The summed E-state index contributed by atoms with van der Waals surface area (Å²) in [4.78, 5) is 23.5. The van der Waals surface area contributed by atoms with E-state index in [0.717, 1.165) is 12.8 Å². The van der Waals surface area contributed by atoms with E-state index in [0.29, 0.717) is 36.5 Å². The molecule has 3 heterocycles. The third-order valence-corrected chi connectivity index (χ3v) is 6.12. The van der Waals surface area contributed by atoms with E-state index in [-0.39, 0.29) is 11.8 Å². The van der Waals surface area contributed by atoms with Gasteiger partial charge in [-0.2, -0.15) is 4.31 Å². The molecule has 2 aromatic rings. The van der Waals surface area contributed by atoms with E-state index in [2.05, 4.69) is 25.6 Å². The van der Waals surface area contributed by atoms with Crippen molar-refractivity contribution in [1.82, 2.24) is 24.6 Å². The van der Waals surface area contributed by atoms with Gasteiger partial charge in [0.05, 0.1) is 11.9 Å². The van der Waals surface area contributed by atoms with Gasteiger partial charge in [0, 0.05) is 25.3 Å². The molecule has 25 heavy (non-hydrogen) atoms. The molecule has 0 saturated carbocycles. The van der Waals surface area contributed by atoms with Gasteiger partial charge in [-0.05, 0) is 25.3 Å². The fourth-order valence-electron chi connectivity index (χ4n) is 2.93. The van der Waals surface area contributed by atoms with E-state index in [1.165, 1.54) is 10.5 Å². The Morgan fingerprint density at radius 2 is 2.32 bits per heavy atom. The Morgan fingerprint density at radius 1 is 1.48 bits per heavy atom. The molecule has 0 radical (unpaired) electrons. The molecule has 1 saturated heterocycles. The van der Waals surface area contributed by atoms with Gasteiger partial charge in [0.1, 0.15) is 5.52 Å². The topological polar surface area (TPSA) is 120 Å². The Labute approximate surface area is 146 Å². The van der Waals surface area contributed by atoms with Crippen LogP contribution in [0.5, 0.6) is 0 Å². The summed E-state index contributed by atoms with van der Waals surface area (Å²) in [6, 6.07) is 1.14. The summed E-state index contributed by atoms with van der Waals surface area (Å²) in [7, 11) is -3.24. The number of hydrogen-bond acceptors (Lipinski definition) is 5. The molecule has 1 aliphatic rings. The summed E-state index contributed by atoms with van der Waals surface area (Å²) in [5, 5.41) is 5.47. The molecule has 0 aromatic carbocycles. The number of nitrogens with zero attached hydrogens (tertiary/aromatic N) is 3. The number of H-pyrrole nitrogens is 1. The van der Waals surface area contributed by atoms with Crippen molar-refractivity contribution in [3.05, 3.63) is 18.5 Å². The second-order valence-electron chi connectivity index (χ2n) is 6.08. The predicted molar refractivity (Wildman–Crippen MR) is 94.7 cm³/mol. The highest BCUT2D eigenvalue weighted by Gasteiger charge is 2.29. The Kier molecular flexibility index (Phi) is 5.19. The molecule has 0 spiro atoms. The number of nitrogens with one attached hydrogen (secondary N) is 3. The molecular weight excluding hydrogens is 344 g/mol. The number of sulfonamides is 1. The third kappa shape index (κ3) is 4.26. The van der Waals surface area contributed by atoms with Crippen LogP contribution in [0.4, 0.5) is 10.6 Å². The van der Waals surface area contributed by atoms with Crippen LogP contribution in [0.3, 0.4) is 0 Å². The smallest absolute Gasteiger partial charge is 0.320 e. The summed E-state index contributed by atoms with van der Waals surface area (Å²) in [6.45, 7) is 2.66. The Morgan fingerprint density at radius 3 is 3.12 bits per heavy atom. The number of urea groups is 1. The second-order valence-corrected chi connectivity index (χ2v) is 8.17. The van der Waals surface area contributed by atoms with E-state index in [1.807, 2.05) is 6.92 Å². The van der Waals surface area contributed by atoms with Gasteiger partial charge in [-0.15, -0.1) is 0 Å². The lowest BCUT2D eigenvalue weighted by atomic mass is 10.1. The highest BCUT2D eigenvalue weighted by atomic mass is 32.2. The largest absolute Gasteiger partial charge is 0.345 e. The maximum Gasteiger partial charge on any atom is 0.320 e. The molecular formula is C15H22N6O3S. The summed E-state index contributed by atoms with van der Waals surface area (Å²) in [5.74, 6) is 0.480. The van der Waals surface area contributed by atoms with Gasteiger partial charge in [0.25, 0.3) is 0 Å². The van der Waals surface area contributed by atoms with Crippen LogP contribution in [0.15, 0.2) is 18.5 Å². The summed E-state index contributed by atoms with van der Waals surface area (Å²) in [6.07, 6.45) is 5.24. The van der Waals surface area contributed by atoms with Crippen molar-refractivity contribution in [3.63, 3.8) is 0 Å². The molecule has 1 unspecified atom stereocenters. The van der Waals surface area contributed by atoms with Gasteiger partial charge in [-0.25, -0.2) is 23.2 Å². The molecule has 10 heteroatoms. The zero-order valence-corrected chi connectivity index (χ0v) is 14.8. The number of carbonyl (C=O) groups is 1. The number of aromatic amines is 1. The summed E-state index contributed by atoms with van der Waals surface area (Å²) < 4.78 is 25.8. The van der Waals surface area contributed by atoms with E-state index >= 15 is 0 Å². The number of hydrogen-bond donors (Lipinski definition) is 3. The number of amides is 2. The van der Waals surface area contributed by atoms with Crippen molar-refractivity contribution in [3.8, 4) is 0 Å². The molecule has 2 aromatic heterocycles. The van der Waals surface area contributed by atoms with Gasteiger partial charge in [-0.1, -0.05) is 6.92 Å². The fourth-order valence-corrected chi connectivity index (χ4v) is 4.52. The fraction of sp³-hybridized carbons (Fsp3) is 0.533. The van der Waals surface area contributed by atoms with E-state index < -0.39 is 16.1 Å². The molecule has 3 N–H and O–H groups in total. The lowest BCUT2D eigenvalue weighted by Crippen LogP contribution is -2.50. The van der Waals surface area contributed by atoms with Crippen LogP contribution in [-0.2, 0) is 10.0 Å². The average molecular weight is 366 g/mol. The molecule has 0 bridgehead atoms. The maximum atomic E-state index is 12.2. The van der Waals surface area contributed by atoms with Gasteiger partial charge in [0.15, 0.2) is 11.5 Å². The molecule has 136 valence electrons. The average Bonchev–Trinajstić information content (AvgIpc) is 3.02. The quantitative estimate of drug-likeness (QED) is 0.736. The van der Waals surface area contributed by atoms with Crippen molar-refractivity contribution >= 4 is 33.0 Å². The molecule has 2 amide bonds. The van der Waals surface area contributed by atoms with Gasteiger partial charge in [-0.3, -0.25) is 5.32 Å². The molecule has 1 fully saturated rings. The Balaban J connectivity index is 1.58. The highest BCUT2D eigenvalue weighted by Crippen LogP contribution is 2.15. The maximum absolute atomic E-state index is 12.2. The molecule has 9 nitrogen and oxygen atoms in total. The number of aromatic nitrogens is 3. The SMILES string of the molecule is CCCS(=O)(=O)N1CCCC(NC(=O)Nc2cnc3[nH]ccc3n2)C1. The number of carbonyl (C=O) groups excluding carboxylic acids is 1. The van der Waals surface area contributed by atoms with Gasteiger partial charge in [0.2, 0.25) is 10.0 Å². The van der Waals surface area contributed by atoms with Crippen molar-refractivity contribution in [1.29, 1.82) is 0 Å². The molecule has 0 aliphatic carbocycles. The number of rotatable bonds is 5. The highest BCUT2D eigenvalue weighted by molar-refractivity contribution is 7.89. The first-order valence-corrected chi connectivity index (χ1v) is 9.94. The van der Waals surface area contributed by atoms with E-state index in [9.17, 15) is 13.2 Å². The van der Waals surface area contributed by atoms with Crippen LogP contribution in [0, 0.1) is 0 Å². The standard InChI is InChI=1S/C15H22N6O3S/c1-2-8-25(23,24)21-7-3-4-11(10-21)18-15(22)20-13-9-17-14-12(19-13)5-6-16-14/h5-6,9,11H,2-4,7-8,10H2,1H3,(H,16,17)(H2,18,19,20,22). The normalized spacial score (nSPS) is 19.0. The minimum atomic E-state index is -3.24. The zero-order chi connectivity index (χ0) is 17.9. The molecule has 1 aliphatic heterocycles. The lowest BCUT2D eigenvalue weighted by Gasteiger charge is -2.32. The Bertz CT molecular complexity index is 850. The lowest BCUT2D eigenvalue weighted by molar-refractivity contribution is 0.236. The van der Waals surface area contributed by atoms with Crippen LogP contribution in [0.2, 0.25) is 0 Å². The number of piperidine rings is 1. The van der Waals surface area contributed by atoms with Crippen LogP contribution in [0.1, 0.15) is 26.2 Å². The summed E-state index contributed by atoms with van der Waals surface area (Å²) >= 11 is 0. The van der Waals surface area contributed by atoms with Crippen molar-refractivity contribution in [2.24, 2.45) is 0 Å². The number of fused-ring (bicyclic) bond motifs is 1. The minimum absolute atomic E-state index is 0.137. The number of anilines is 1. The van der Waals surface area contributed by atoms with Crippen LogP contribution in [-0.4, -0.2) is 58.6 Å². The van der Waals surface area contributed by atoms with Gasteiger partial charge < -0.3 is 10.3 Å². The Hall–Kier alpha value is -2.20. The third-order valence-electron chi connectivity index (χ3n) is 4.08. The van der Waals surface area contributed by atoms with Crippen molar-refractivity contribution < 1.29 is 13.2 Å². The minimum Gasteiger partial charge on any atom is -0.345 e. The second kappa shape index (κ2) is 7.36. The van der Waals surface area contributed by atoms with Crippen molar-refractivity contribution in [2.75, 3.05) is 24.2 Å². The van der Waals surface area contributed by atoms with Crippen LogP contribution in [0.25, 0.3) is 11.2 Å². The first-order chi connectivity index (χ1) is 12.0. The molecule has 3 rings (SSSR count).